The monoisotopic (exact) mass is 371 g/mol. The number of halogens is 1. The Hall–Kier alpha value is -2.74. The predicted molar refractivity (Wildman–Crippen MR) is 98.0 cm³/mol. The largest absolute Gasteiger partial charge is 0.369 e. The number of ether oxygens (including phenoxy) is 1. The van der Waals surface area contributed by atoms with Crippen LogP contribution >= 0.6 is 0 Å². The Morgan fingerprint density at radius 1 is 1.44 bits per heavy atom. The molecule has 0 radical (unpaired) electrons. The van der Waals surface area contributed by atoms with Crippen molar-refractivity contribution >= 4 is 16.9 Å². The zero-order chi connectivity index (χ0) is 19.1. The quantitative estimate of drug-likeness (QED) is 0.738. The van der Waals surface area contributed by atoms with Crippen molar-refractivity contribution in [2.75, 3.05) is 6.54 Å². The number of hydrogen-bond acceptors (Lipinski definition) is 4. The molecule has 142 valence electrons. The Morgan fingerprint density at radius 3 is 3.07 bits per heavy atom. The Balaban J connectivity index is 1.44. The average Bonchev–Trinajstić information content (AvgIpc) is 3.17. The molecule has 2 atom stereocenters. The van der Waals surface area contributed by atoms with Crippen molar-refractivity contribution in [3.63, 3.8) is 0 Å². The summed E-state index contributed by atoms with van der Waals surface area (Å²) >= 11 is 0. The van der Waals surface area contributed by atoms with Crippen LogP contribution in [-0.2, 0) is 24.6 Å². The predicted octanol–water partition coefficient (Wildman–Crippen LogP) is 2.43. The number of aryl methyl sites for hydroxylation is 1. The van der Waals surface area contributed by atoms with E-state index in [4.69, 9.17) is 4.74 Å². The maximum Gasteiger partial charge on any atom is 0.272 e. The minimum absolute atomic E-state index is 0.0528. The lowest BCUT2D eigenvalue weighted by Crippen LogP contribution is -2.29. The highest BCUT2D eigenvalue weighted by Gasteiger charge is 2.29. The molecule has 4 rings (SSSR count). The van der Waals surface area contributed by atoms with Crippen molar-refractivity contribution in [1.29, 1.82) is 0 Å². The molecule has 3 heterocycles. The third-order valence-electron chi connectivity index (χ3n) is 5.02. The Morgan fingerprint density at radius 2 is 2.26 bits per heavy atom. The van der Waals surface area contributed by atoms with Crippen molar-refractivity contribution < 1.29 is 13.9 Å². The lowest BCUT2D eigenvalue weighted by Gasteiger charge is -2.25. The first-order chi connectivity index (χ1) is 12.9. The molecule has 0 spiro atoms. The van der Waals surface area contributed by atoms with Gasteiger partial charge in [0.2, 0.25) is 0 Å². The highest BCUT2D eigenvalue weighted by atomic mass is 19.1. The molecule has 0 fully saturated rings. The molecule has 0 saturated carbocycles. The molecule has 1 aromatic carbocycles. The zero-order valence-electron chi connectivity index (χ0n) is 15.5. The number of aromatic amines is 1. The van der Waals surface area contributed by atoms with Gasteiger partial charge in [-0.05, 0) is 32.0 Å². The van der Waals surface area contributed by atoms with Gasteiger partial charge in [-0.15, -0.1) is 0 Å². The van der Waals surface area contributed by atoms with Gasteiger partial charge in [0.1, 0.15) is 11.6 Å². The van der Waals surface area contributed by atoms with Crippen LogP contribution in [0, 0.1) is 5.82 Å². The minimum atomic E-state index is -0.291. The summed E-state index contributed by atoms with van der Waals surface area (Å²) in [6.07, 6.45) is 1.16. The first kappa shape index (κ1) is 17.7. The molecule has 3 aromatic rings. The molecule has 2 N–H and O–H groups in total. The molecule has 1 aliphatic heterocycles. The molecule has 2 aromatic heterocycles. The average molecular weight is 371 g/mol. The van der Waals surface area contributed by atoms with E-state index in [0.717, 1.165) is 28.1 Å². The second-order valence-corrected chi connectivity index (χ2v) is 6.98. The molecule has 1 amide bonds. The van der Waals surface area contributed by atoms with Gasteiger partial charge < -0.3 is 14.6 Å². The number of nitrogens with zero attached hydrogens (tertiary/aromatic N) is 3. The number of nitrogens with one attached hydrogen (secondary N) is 2. The normalized spacial score (nSPS) is 19.3. The number of fused-ring (bicyclic) bond motifs is 2. The molecule has 1 aliphatic rings. The summed E-state index contributed by atoms with van der Waals surface area (Å²) in [7, 11) is 1.85. The van der Waals surface area contributed by atoms with Crippen LogP contribution in [-0.4, -0.2) is 38.3 Å². The van der Waals surface area contributed by atoms with Crippen molar-refractivity contribution in [2.24, 2.45) is 7.05 Å². The fraction of sp³-hybridized carbons (Fsp3) is 0.421. The maximum atomic E-state index is 13.4. The smallest absolute Gasteiger partial charge is 0.272 e. The summed E-state index contributed by atoms with van der Waals surface area (Å²) in [4.78, 5) is 17.1. The fourth-order valence-corrected chi connectivity index (χ4v) is 3.67. The van der Waals surface area contributed by atoms with Gasteiger partial charge in [-0.2, -0.15) is 5.10 Å². The molecular weight excluding hydrogens is 349 g/mol. The maximum absolute atomic E-state index is 13.4. The van der Waals surface area contributed by atoms with Crippen LogP contribution in [0.4, 0.5) is 4.39 Å². The molecule has 7 nitrogen and oxygen atoms in total. The van der Waals surface area contributed by atoms with E-state index in [1.807, 2.05) is 25.5 Å². The molecule has 0 unspecified atom stereocenters. The first-order valence-electron chi connectivity index (χ1n) is 9.05. The highest BCUT2D eigenvalue weighted by Crippen LogP contribution is 2.30. The summed E-state index contributed by atoms with van der Waals surface area (Å²) in [6.45, 7) is 4.35. The van der Waals surface area contributed by atoms with Crippen molar-refractivity contribution in [2.45, 2.75) is 38.9 Å². The van der Waals surface area contributed by atoms with E-state index in [2.05, 4.69) is 20.5 Å². The number of aromatic nitrogens is 4. The minimum Gasteiger partial charge on any atom is -0.369 e. The topological polar surface area (TPSA) is 84.8 Å². The third kappa shape index (κ3) is 3.21. The Labute approximate surface area is 155 Å². The van der Waals surface area contributed by atoms with Crippen molar-refractivity contribution in [1.82, 2.24) is 25.1 Å². The van der Waals surface area contributed by atoms with Crippen LogP contribution in [0.25, 0.3) is 11.0 Å². The second-order valence-electron chi connectivity index (χ2n) is 6.98. The summed E-state index contributed by atoms with van der Waals surface area (Å²) in [5, 5.41) is 10.0. The summed E-state index contributed by atoms with van der Waals surface area (Å²) in [6, 6.07) is 4.52. The van der Waals surface area contributed by atoms with Gasteiger partial charge in [-0.1, -0.05) is 0 Å². The number of imidazole rings is 1. The van der Waals surface area contributed by atoms with Gasteiger partial charge >= 0.3 is 0 Å². The van der Waals surface area contributed by atoms with E-state index in [0.29, 0.717) is 25.1 Å². The number of amides is 1. The molecule has 0 bridgehead atoms. The summed E-state index contributed by atoms with van der Waals surface area (Å²) in [5.74, 6) is 0.287. The van der Waals surface area contributed by atoms with Gasteiger partial charge in [0.05, 0.1) is 28.9 Å². The number of H-pyrrole nitrogens is 1. The Bertz CT molecular complexity index is 1010. The van der Waals surface area contributed by atoms with E-state index >= 15 is 0 Å². The van der Waals surface area contributed by atoms with Crippen LogP contribution in [0.1, 0.15) is 47.5 Å². The number of carbonyl (C=O) groups is 1. The third-order valence-corrected chi connectivity index (χ3v) is 5.02. The van der Waals surface area contributed by atoms with Crippen LogP contribution in [0.3, 0.4) is 0 Å². The van der Waals surface area contributed by atoms with Crippen molar-refractivity contribution in [3.05, 3.63) is 46.8 Å². The van der Waals surface area contributed by atoms with Crippen LogP contribution < -0.4 is 5.32 Å². The van der Waals surface area contributed by atoms with E-state index in [-0.39, 0.29) is 23.9 Å². The zero-order valence-corrected chi connectivity index (χ0v) is 15.5. The number of rotatable bonds is 4. The fourth-order valence-electron chi connectivity index (χ4n) is 3.67. The SMILES string of the molecule is C[C@@H]1Cc2c(C(=O)NCCc3nc4ccc(F)cc4n3C)n[nH]c2[C@H](C)O1. The number of benzene rings is 1. The van der Waals surface area contributed by atoms with E-state index in [1.54, 1.807) is 6.07 Å². The van der Waals surface area contributed by atoms with Crippen LogP contribution in [0.2, 0.25) is 0 Å². The highest BCUT2D eigenvalue weighted by molar-refractivity contribution is 5.94. The van der Waals surface area contributed by atoms with Gasteiger partial charge in [0, 0.05) is 32.0 Å². The van der Waals surface area contributed by atoms with Gasteiger partial charge in [-0.25, -0.2) is 9.37 Å². The van der Waals surface area contributed by atoms with Crippen LogP contribution in [0.5, 0.6) is 0 Å². The molecule has 0 aliphatic carbocycles. The Kier molecular flexibility index (Phi) is 4.43. The van der Waals surface area contributed by atoms with Crippen molar-refractivity contribution in [3.8, 4) is 0 Å². The van der Waals surface area contributed by atoms with Gasteiger partial charge in [0.25, 0.3) is 5.91 Å². The lowest BCUT2D eigenvalue weighted by atomic mass is 9.99. The molecule has 0 saturated heterocycles. The summed E-state index contributed by atoms with van der Waals surface area (Å²) in [5.41, 5.74) is 3.71. The van der Waals surface area contributed by atoms with Crippen LogP contribution in [0.15, 0.2) is 18.2 Å². The number of hydrogen-bond donors (Lipinski definition) is 2. The van der Waals surface area contributed by atoms with E-state index in [1.165, 1.54) is 12.1 Å². The number of carbonyl (C=O) groups excluding carboxylic acids is 1. The molecular formula is C19H22FN5O2. The van der Waals surface area contributed by atoms with Gasteiger partial charge in [0.15, 0.2) is 5.69 Å². The second kappa shape index (κ2) is 6.77. The van der Waals surface area contributed by atoms with E-state index in [9.17, 15) is 9.18 Å². The lowest BCUT2D eigenvalue weighted by molar-refractivity contribution is -0.00697. The van der Waals surface area contributed by atoms with E-state index < -0.39 is 0 Å². The standard InChI is InChI=1S/C19H22FN5O2/c1-10-8-13-17(11(2)27-10)23-24-18(13)19(26)21-7-6-16-22-14-5-4-12(20)9-15(14)25(16)3/h4-5,9-11H,6-8H2,1-3H3,(H,21,26)(H,23,24)/t10-,11+/m1/s1. The molecule has 27 heavy (non-hydrogen) atoms. The summed E-state index contributed by atoms with van der Waals surface area (Å²) < 4.78 is 21.0. The first-order valence-corrected chi connectivity index (χ1v) is 9.05. The van der Waals surface area contributed by atoms with Gasteiger partial charge in [-0.3, -0.25) is 9.89 Å². The molecule has 8 heteroatoms.